The monoisotopic (exact) mass is 623 g/mol. The van der Waals surface area contributed by atoms with E-state index in [1.54, 1.807) is 30.3 Å². The van der Waals surface area contributed by atoms with Crippen LogP contribution in [0.25, 0.3) is 5.69 Å². The molecule has 11 nitrogen and oxygen atoms in total. The molecule has 2 heterocycles. The van der Waals surface area contributed by atoms with Gasteiger partial charge in [-0.05, 0) is 86.6 Å². The van der Waals surface area contributed by atoms with E-state index in [2.05, 4.69) is 41.1 Å². The van der Waals surface area contributed by atoms with Crippen LogP contribution in [0, 0.1) is 13.8 Å². The second kappa shape index (κ2) is 14.2. The van der Waals surface area contributed by atoms with Crippen molar-refractivity contribution in [3.63, 3.8) is 0 Å². The lowest BCUT2D eigenvalue weighted by molar-refractivity contribution is 0.0733. The molecule has 0 bridgehead atoms. The summed E-state index contributed by atoms with van der Waals surface area (Å²) in [5.74, 6) is 1.19. The average molecular weight is 624 g/mol. The molecule has 3 aromatic carbocycles. The van der Waals surface area contributed by atoms with Gasteiger partial charge in [0.1, 0.15) is 23.9 Å². The Morgan fingerprint density at radius 3 is 2.15 bits per heavy atom. The van der Waals surface area contributed by atoms with Crippen molar-refractivity contribution in [3.05, 3.63) is 119 Å². The SMILES string of the molecule is COc1cc(C(=O)Oc2ccccc2/C=N\NC(=O)c2ccc(COc3ccc(-n4c(C)ccc4C)cc3)o2)cc(OC)c1OC. The molecular formula is C35H33N3O8. The Balaban J connectivity index is 1.18. The topological polar surface area (TPSA) is 123 Å². The summed E-state index contributed by atoms with van der Waals surface area (Å²) in [5.41, 5.74) is 6.41. The summed E-state index contributed by atoms with van der Waals surface area (Å²) in [6.07, 6.45) is 1.36. The number of carbonyl (C=O) groups is 2. The van der Waals surface area contributed by atoms with Crippen molar-refractivity contribution >= 4 is 18.1 Å². The van der Waals surface area contributed by atoms with E-state index < -0.39 is 11.9 Å². The molecule has 0 aliphatic heterocycles. The predicted octanol–water partition coefficient (Wildman–Crippen LogP) is 6.28. The van der Waals surface area contributed by atoms with Crippen LogP contribution in [-0.4, -0.2) is 44.0 Å². The molecule has 0 atom stereocenters. The van der Waals surface area contributed by atoms with Gasteiger partial charge in [0.2, 0.25) is 5.75 Å². The summed E-state index contributed by atoms with van der Waals surface area (Å²) < 4.78 is 35.2. The van der Waals surface area contributed by atoms with Crippen LogP contribution in [0.1, 0.15) is 43.6 Å². The largest absolute Gasteiger partial charge is 0.493 e. The van der Waals surface area contributed by atoms with Crippen LogP contribution in [0.2, 0.25) is 0 Å². The van der Waals surface area contributed by atoms with Gasteiger partial charge >= 0.3 is 11.9 Å². The maximum atomic E-state index is 13.0. The molecule has 0 aliphatic rings. The van der Waals surface area contributed by atoms with E-state index in [9.17, 15) is 9.59 Å². The molecule has 0 saturated carbocycles. The highest BCUT2D eigenvalue weighted by Crippen LogP contribution is 2.38. The van der Waals surface area contributed by atoms with Gasteiger partial charge in [0.25, 0.3) is 0 Å². The number of ether oxygens (including phenoxy) is 5. The minimum absolute atomic E-state index is 0.0618. The second-order valence-corrected chi connectivity index (χ2v) is 10.0. The van der Waals surface area contributed by atoms with Crippen molar-refractivity contribution < 1.29 is 37.7 Å². The number of aromatic nitrogens is 1. The Morgan fingerprint density at radius 1 is 0.826 bits per heavy atom. The summed E-state index contributed by atoms with van der Waals surface area (Å²) in [6, 6.07) is 24.8. The first-order valence-electron chi connectivity index (χ1n) is 14.2. The van der Waals surface area contributed by atoms with Crippen LogP contribution in [0.5, 0.6) is 28.7 Å². The number of hydrogen-bond acceptors (Lipinski definition) is 9. The fourth-order valence-electron chi connectivity index (χ4n) is 4.75. The number of nitrogens with one attached hydrogen (secondary N) is 1. The van der Waals surface area contributed by atoms with Crippen LogP contribution in [0.15, 0.2) is 94.4 Å². The standard InChI is InChI=1S/C35H33N3O8/c1-22-10-11-23(2)38(22)26-12-14-27(15-13-26)44-21-28-16-17-30(45-28)34(39)37-36-20-24-8-6-7-9-29(24)46-35(40)25-18-31(41-3)33(43-5)32(19-25)42-4/h6-20H,21H2,1-5H3,(H,37,39)/b36-20-. The molecule has 0 aliphatic carbocycles. The third-order valence-electron chi connectivity index (χ3n) is 7.02. The van der Waals surface area contributed by atoms with Crippen molar-refractivity contribution in [1.29, 1.82) is 0 Å². The summed E-state index contributed by atoms with van der Waals surface area (Å²) in [6.45, 7) is 4.26. The van der Waals surface area contributed by atoms with Gasteiger partial charge in [-0.15, -0.1) is 0 Å². The van der Waals surface area contributed by atoms with Crippen molar-refractivity contribution in [1.82, 2.24) is 9.99 Å². The number of esters is 1. The number of methoxy groups -OCH3 is 3. The molecule has 1 N–H and O–H groups in total. The molecule has 5 rings (SSSR count). The van der Waals surface area contributed by atoms with Crippen LogP contribution >= 0.6 is 0 Å². The zero-order valence-corrected chi connectivity index (χ0v) is 26.0. The molecule has 236 valence electrons. The number of aryl methyl sites for hydroxylation is 2. The number of hydrogen-bond donors (Lipinski definition) is 1. The van der Waals surface area contributed by atoms with Crippen LogP contribution in [0.4, 0.5) is 0 Å². The molecule has 1 amide bonds. The number of benzene rings is 3. The van der Waals surface area contributed by atoms with Crippen molar-refractivity contribution in [2.24, 2.45) is 5.10 Å². The Morgan fingerprint density at radius 2 is 1.50 bits per heavy atom. The van der Waals surface area contributed by atoms with Crippen molar-refractivity contribution in [3.8, 4) is 34.4 Å². The van der Waals surface area contributed by atoms with Gasteiger partial charge in [-0.2, -0.15) is 5.10 Å². The molecule has 46 heavy (non-hydrogen) atoms. The van der Waals surface area contributed by atoms with Crippen LogP contribution in [-0.2, 0) is 6.61 Å². The number of rotatable bonds is 12. The number of hydrazone groups is 1. The molecule has 0 fully saturated rings. The van der Waals surface area contributed by atoms with Gasteiger partial charge in [-0.25, -0.2) is 10.2 Å². The molecule has 0 radical (unpaired) electrons. The van der Waals surface area contributed by atoms with Gasteiger partial charge in [0.15, 0.2) is 17.3 Å². The Labute approximate surface area is 265 Å². The summed E-state index contributed by atoms with van der Waals surface area (Å²) in [5, 5.41) is 4.01. The van der Waals surface area contributed by atoms with Gasteiger partial charge < -0.3 is 32.7 Å². The number of amides is 1. The number of nitrogens with zero attached hydrogens (tertiary/aromatic N) is 2. The Bertz CT molecular complexity index is 1830. The molecule has 11 heteroatoms. The lowest BCUT2D eigenvalue weighted by Crippen LogP contribution is -2.17. The molecular weight excluding hydrogens is 590 g/mol. The first kappa shape index (κ1) is 31.5. The van der Waals surface area contributed by atoms with Crippen LogP contribution in [0.3, 0.4) is 0 Å². The number of furan rings is 1. The Hall–Kier alpha value is -5.97. The predicted molar refractivity (Wildman–Crippen MR) is 171 cm³/mol. The van der Waals surface area contributed by atoms with Gasteiger partial charge in [0.05, 0.1) is 33.1 Å². The zero-order chi connectivity index (χ0) is 32.6. The molecule has 2 aromatic heterocycles. The smallest absolute Gasteiger partial charge is 0.343 e. The fraction of sp³-hybridized carbons (Fsp3) is 0.171. The van der Waals surface area contributed by atoms with E-state index >= 15 is 0 Å². The first-order valence-corrected chi connectivity index (χ1v) is 14.2. The van der Waals surface area contributed by atoms with E-state index in [0.29, 0.717) is 34.3 Å². The lowest BCUT2D eigenvalue weighted by Gasteiger charge is -2.14. The molecule has 0 unspecified atom stereocenters. The van der Waals surface area contributed by atoms with E-state index in [1.165, 1.54) is 45.7 Å². The van der Waals surface area contributed by atoms with E-state index in [-0.39, 0.29) is 23.7 Å². The van der Waals surface area contributed by atoms with Gasteiger partial charge in [-0.1, -0.05) is 12.1 Å². The van der Waals surface area contributed by atoms with Crippen molar-refractivity contribution in [2.75, 3.05) is 21.3 Å². The third-order valence-corrected chi connectivity index (χ3v) is 7.02. The Kier molecular flexibility index (Phi) is 9.72. The summed E-state index contributed by atoms with van der Waals surface area (Å²) in [7, 11) is 4.38. The van der Waals surface area contributed by atoms with E-state index in [1.807, 2.05) is 24.3 Å². The highest BCUT2D eigenvalue weighted by Gasteiger charge is 2.19. The molecule has 5 aromatic rings. The quantitative estimate of drug-likeness (QED) is 0.0746. The number of para-hydroxylation sites is 1. The van der Waals surface area contributed by atoms with Gasteiger partial charge in [0, 0.05) is 22.6 Å². The second-order valence-electron chi connectivity index (χ2n) is 10.0. The van der Waals surface area contributed by atoms with Crippen molar-refractivity contribution in [2.45, 2.75) is 20.5 Å². The zero-order valence-electron chi connectivity index (χ0n) is 26.0. The van der Waals surface area contributed by atoms with E-state index in [4.69, 9.17) is 28.1 Å². The molecule has 0 saturated heterocycles. The minimum atomic E-state index is -0.656. The summed E-state index contributed by atoms with van der Waals surface area (Å²) in [4.78, 5) is 25.7. The van der Waals surface area contributed by atoms with Gasteiger partial charge in [-0.3, -0.25) is 4.79 Å². The average Bonchev–Trinajstić information content (AvgIpc) is 3.69. The highest BCUT2D eigenvalue weighted by atomic mass is 16.5. The normalized spacial score (nSPS) is 10.9. The third kappa shape index (κ3) is 7.05. The maximum Gasteiger partial charge on any atom is 0.343 e. The maximum absolute atomic E-state index is 13.0. The molecule has 0 spiro atoms. The van der Waals surface area contributed by atoms with E-state index in [0.717, 1.165) is 17.1 Å². The lowest BCUT2D eigenvalue weighted by atomic mass is 10.1. The van der Waals surface area contributed by atoms with Crippen LogP contribution < -0.4 is 29.1 Å². The summed E-state index contributed by atoms with van der Waals surface area (Å²) >= 11 is 0. The highest BCUT2D eigenvalue weighted by molar-refractivity contribution is 5.95. The minimum Gasteiger partial charge on any atom is -0.493 e. The first-order chi connectivity index (χ1) is 22.3. The fourth-order valence-corrected chi connectivity index (χ4v) is 4.75. The number of carbonyl (C=O) groups excluding carboxylic acids is 2.